The molecule has 0 bridgehead atoms. The van der Waals surface area contributed by atoms with Crippen LogP contribution in [0.5, 0.6) is 0 Å². The van der Waals surface area contributed by atoms with Crippen molar-refractivity contribution in [2.24, 2.45) is 0 Å². The van der Waals surface area contributed by atoms with E-state index >= 15 is 0 Å². The van der Waals surface area contributed by atoms with Crippen molar-refractivity contribution in [2.45, 2.75) is 52.2 Å². The van der Waals surface area contributed by atoms with Gasteiger partial charge >= 0.3 is 0 Å². The van der Waals surface area contributed by atoms with Gasteiger partial charge in [0, 0.05) is 13.2 Å². The molecular weight excluding hydrogens is 224 g/mol. The zero-order chi connectivity index (χ0) is 13.5. The average Bonchev–Trinajstić information content (AvgIpc) is 2.37. The molecule has 0 heterocycles. The molecule has 0 aromatic carbocycles. The molecule has 0 atom stereocenters. The van der Waals surface area contributed by atoms with E-state index in [0.717, 1.165) is 32.5 Å². The van der Waals surface area contributed by atoms with Gasteiger partial charge in [0.1, 0.15) is 0 Å². The highest BCUT2D eigenvalue weighted by atomic mass is 16.7. The first-order valence-electron chi connectivity index (χ1n) is 6.85. The largest absolute Gasteiger partial charge is 0.353 e. The Balaban J connectivity index is 3.47. The Morgan fingerprint density at radius 2 is 1.78 bits per heavy atom. The van der Waals surface area contributed by atoms with Gasteiger partial charge in [0.15, 0.2) is 6.29 Å². The first-order chi connectivity index (χ1) is 8.85. The summed E-state index contributed by atoms with van der Waals surface area (Å²) in [5.41, 5.74) is 0. The van der Waals surface area contributed by atoms with E-state index in [0.29, 0.717) is 0 Å². The number of unbranched alkanes of at least 4 members (excludes halogenated alkanes) is 3. The highest BCUT2D eigenvalue weighted by Crippen LogP contribution is 2.09. The lowest BCUT2D eigenvalue weighted by molar-refractivity contribution is -0.140. The summed E-state index contributed by atoms with van der Waals surface area (Å²) in [5, 5.41) is 0. The summed E-state index contributed by atoms with van der Waals surface area (Å²) in [5.74, 6) is 5.68. The van der Waals surface area contributed by atoms with Crippen LogP contribution in [0.4, 0.5) is 0 Å². The number of hydrogen-bond donors (Lipinski definition) is 0. The van der Waals surface area contributed by atoms with Crippen molar-refractivity contribution in [3.8, 4) is 11.8 Å². The van der Waals surface area contributed by atoms with Crippen LogP contribution in [-0.4, -0.2) is 19.5 Å². The van der Waals surface area contributed by atoms with E-state index in [1.165, 1.54) is 12.8 Å². The average molecular weight is 250 g/mol. The monoisotopic (exact) mass is 250 g/mol. The van der Waals surface area contributed by atoms with Crippen LogP contribution in [0.3, 0.4) is 0 Å². The lowest BCUT2D eigenvalue weighted by atomic mass is 10.1. The van der Waals surface area contributed by atoms with Gasteiger partial charge in [-0.15, -0.1) is 0 Å². The van der Waals surface area contributed by atoms with Crippen molar-refractivity contribution in [3.63, 3.8) is 0 Å². The first kappa shape index (κ1) is 17.0. The molecule has 102 valence electrons. The molecule has 0 aliphatic rings. The molecule has 0 unspecified atom stereocenters. The maximum absolute atomic E-state index is 5.49. The highest BCUT2D eigenvalue weighted by molar-refractivity contribution is 5.21. The van der Waals surface area contributed by atoms with Crippen molar-refractivity contribution in [3.05, 3.63) is 24.8 Å². The minimum Gasteiger partial charge on any atom is -0.353 e. The van der Waals surface area contributed by atoms with Gasteiger partial charge in [-0.3, -0.25) is 0 Å². The van der Waals surface area contributed by atoms with Crippen molar-refractivity contribution in [1.82, 2.24) is 0 Å². The first-order valence-corrected chi connectivity index (χ1v) is 6.85. The Kier molecular flexibility index (Phi) is 13.2. The second-order valence-electron chi connectivity index (χ2n) is 3.87. The maximum atomic E-state index is 5.49. The number of allylic oxidation sites excluding steroid dienone is 3. The van der Waals surface area contributed by atoms with Crippen LogP contribution >= 0.6 is 0 Å². The molecule has 0 N–H and O–H groups in total. The van der Waals surface area contributed by atoms with Gasteiger partial charge in [0.25, 0.3) is 0 Å². The molecule has 0 saturated heterocycles. The van der Waals surface area contributed by atoms with Gasteiger partial charge in [0.05, 0.1) is 0 Å². The van der Waals surface area contributed by atoms with E-state index in [2.05, 4.69) is 24.5 Å². The molecule has 0 aromatic rings. The van der Waals surface area contributed by atoms with E-state index in [4.69, 9.17) is 9.47 Å². The highest BCUT2D eigenvalue weighted by Gasteiger charge is 2.06. The van der Waals surface area contributed by atoms with Crippen LogP contribution in [0.1, 0.15) is 46.0 Å². The third kappa shape index (κ3) is 11.4. The Labute approximate surface area is 112 Å². The topological polar surface area (TPSA) is 18.5 Å². The Morgan fingerprint density at radius 3 is 2.39 bits per heavy atom. The van der Waals surface area contributed by atoms with Gasteiger partial charge in [-0.2, -0.15) is 0 Å². The van der Waals surface area contributed by atoms with Crippen molar-refractivity contribution >= 4 is 0 Å². The molecule has 0 aliphatic heterocycles. The van der Waals surface area contributed by atoms with Crippen LogP contribution in [-0.2, 0) is 9.47 Å². The molecule has 0 fully saturated rings. The van der Waals surface area contributed by atoms with Crippen LogP contribution in [0, 0.1) is 11.8 Å². The normalized spacial score (nSPS) is 10.6. The third-order valence-electron chi connectivity index (χ3n) is 2.40. The smallest absolute Gasteiger partial charge is 0.157 e. The summed E-state index contributed by atoms with van der Waals surface area (Å²) in [7, 11) is 0. The molecule has 0 spiro atoms. The molecular formula is C16H26O2. The molecule has 0 radical (unpaired) electrons. The van der Waals surface area contributed by atoms with Gasteiger partial charge in [0.2, 0.25) is 0 Å². The second-order valence-corrected chi connectivity index (χ2v) is 3.87. The van der Waals surface area contributed by atoms with Gasteiger partial charge in [-0.25, -0.2) is 0 Å². The van der Waals surface area contributed by atoms with Crippen molar-refractivity contribution in [2.75, 3.05) is 13.2 Å². The SMILES string of the molecule is C=CC#C/C=C\CCCCCC(OCC)OCC. The fourth-order valence-corrected chi connectivity index (χ4v) is 1.59. The Morgan fingerprint density at radius 1 is 1.06 bits per heavy atom. The lowest BCUT2D eigenvalue weighted by Crippen LogP contribution is -2.17. The summed E-state index contributed by atoms with van der Waals surface area (Å²) in [6.07, 6.45) is 11.2. The second kappa shape index (κ2) is 14.0. The van der Waals surface area contributed by atoms with Crippen LogP contribution in [0.25, 0.3) is 0 Å². The van der Waals surface area contributed by atoms with Crippen molar-refractivity contribution in [1.29, 1.82) is 0 Å². The summed E-state index contributed by atoms with van der Waals surface area (Å²) >= 11 is 0. The predicted octanol–water partition coefficient (Wildman–Crippen LogP) is 4.08. The molecule has 0 amide bonds. The number of rotatable bonds is 10. The van der Waals surface area contributed by atoms with E-state index in [-0.39, 0.29) is 6.29 Å². The molecule has 2 heteroatoms. The lowest BCUT2D eigenvalue weighted by Gasteiger charge is -2.16. The van der Waals surface area contributed by atoms with Crippen LogP contribution in [0.15, 0.2) is 24.8 Å². The van der Waals surface area contributed by atoms with E-state index in [1.54, 1.807) is 6.08 Å². The molecule has 18 heavy (non-hydrogen) atoms. The van der Waals surface area contributed by atoms with E-state index in [1.807, 2.05) is 19.9 Å². The van der Waals surface area contributed by atoms with E-state index < -0.39 is 0 Å². The van der Waals surface area contributed by atoms with Crippen molar-refractivity contribution < 1.29 is 9.47 Å². The minimum absolute atomic E-state index is 0.0194. The summed E-state index contributed by atoms with van der Waals surface area (Å²) in [6.45, 7) is 8.97. The zero-order valence-corrected chi connectivity index (χ0v) is 11.8. The summed E-state index contributed by atoms with van der Waals surface area (Å²) in [4.78, 5) is 0. The van der Waals surface area contributed by atoms with Crippen LogP contribution < -0.4 is 0 Å². The van der Waals surface area contributed by atoms with Crippen LogP contribution in [0.2, 0.25) is 0 Å². The molecule has 0 aliphatic carbocycles. The number of hydrogen-bond acceptors (Lipinski definition) is 2. The maximum Gasteiger partial charge on any atom is 0.157 e. The number of ether oxygens (including phenoxy) is 2. The Bertz CT molecular complexity index is 265. The summed E-state index contributed by atoms with van der Waals surface area (Å²) < 4.78 is 11.0. The molecule has 0 saturated carbocycles. The predicted molar refractivity (Wildman–Crippen MR) is 77.2 cm³/mol. The van der Waals surface area contributed by atoms with Gasteiger partial charge < -0.3 is 9.47 Å². The fourth-order valence-electron chi connectivity index (χ4n) is 1.59. The Hall–Kier alpha value is -1.04. The summed E-state index contributed by atoms with van der Waals surface area (Å²) in [6, 6.07) is 0. The standard InChI is InChI=1S/C16H26O2/c1-4-7-8-9-10-11-12-13-14-15-16(17-5-2)18-6-3/h4,9-10,16H,1,5-6,11-15H2,2-3H3/b10-9-. The van der Waals surface area contributed by atoms with E-state index in [9.17, 15) is 0 Å². The van der Waals surface area contributed by atoms with Gasteiger partial charge in [-0.1, -0.05) is 30.9 Å². The van der Waals surface area contributed by atoms with Gasteiger partial charge in [-0.05, 0) is 51.7 Å². The quantitative estimate of drug-likeness (QED) is 0.330. The molecule has 0 rings (SSSR count). The molecule has 0 aromatic heterocycles. The fraction of sp³-hybridized carbons (Fsp3) is 0.625. The minimum atomic E-state index is -0.0194. The zero-order valence-electron chi connectivity index (χ0n) is 11.8. The third-order valence-corrected chi connectivity index (χ3v) is 2.40. The molecule has 2 nitrogen and oxygen atoms in total.